The molecule has 96 valence electrons. The molecule has 0 saturated carbocycles. The van der Waals surface area contributed by atoms with Crippen molar-refractivity contribution < 1.29 is 4.74 Å². The SMILES string of the molecule is CC1(C(N)c2csc3c(Br)cccc23)CCCO1. The fourth-order valence-corrected chi connectivity index (χ4v) is 4.32. The second kappa shape index (κ2) is 4.60. The van der Waals surface area contributed by atoms with E-state index in [2.05, 4.69) is 46.4 Å². The van der Waals surface area contributed by atoms with Crippen LogP contribution in [0.3, 0.4) is 0 Å². The average Bonchev–Trinajstić information content (AvgIpc) is 2.96. The van der Waals surface area contributed by atoms with E-state index in [4.69, 9.17) is 10.5 Å². The zero-order valence-electron chi connectivity index (χ0n) is 10.3. The third kappa shape index (κ3) is 1.92. The molecule has 0 aliphatic carbocycles. The van der Waals surface area contributed by atoms with Gasteiger partial charge in [-0.25, -0.2) is 0 Å². The summed E-state index contributed by atoms with van der Waals surface area (Å²) < 4.78 is 8.28. The topological polar surface area (TPSA) is 35.2 Å². The number of rotatable bonds is 2. The van der Waals surface area contributed by atoms with Crippen LogP contribution in [0.2, 0.25) is 0 Å². The predicted molar refractivity (Wildman–Crippen MR) is 80.0 cm³/mol. The van der Waals surface area contributed by atoms with Crippen molar-refractivity contribution in [2.24, 2.45) is 5.73 Å². The minimum Gasteiger partial charge on any atom is -0.373 e. The highest BCUT2D eigenvalue weighted by atomic mass is 79.9. The Bertz CT molecular complexity index is 574. The molecule has 1 aromatic carbocycles. The lowest BCUT2D eigenvalue weighted by atomic mass is 9.88. The summed E-state index contributed by atoms with van der Waals surface area (Å²) in [7, 11) is 0. The monoisotopic (exact) mass is 325 g/mol. The maximum Gasteiger partial charge on any atom is 0.0847 e. The van der Waals surface area contributed by atoms with Gasteiger partial charge in [-0.2, -0.15) is 0 Å². The highest BCUT2D eigenvalue weighted by Gasteiger charge is 2.38. The molecule has 2 N–H and O–H groups in total. The number of halogens is 1. The summed E-state index contributed by atoms with van der Waals surface area (Å²) in [6, 6.07) is 6.22. The van der Waals surface area contributed by atoms with Gasteiger partial charge in [0.15, 0.2) is 0 Å². The van der Waals surface area contributed by atoms with Crippen molar-refractivity contribution in [2.45, 2.75) is 31.4 Å². The van der Waals surface area contributed by atoms with E-state index in [1.54, 1.807) is 11.3 Å². The third-order valence-electron chi connectivity index (χ3n) is 3.82. The van der Waals surface area contributed by atoms with Crippen LogP contribution in [0.4, 0.5) is 0 Å². The Kier molecular flexibility index (Phi) is 3.22. The molecular formula is C14H16BrNOS. The highest BCUT2D eigenvalue weighted by Crippen LogP contribution is 2.41. The third-order valence-corrected chi connectivity index (χ3v) is 5.79. The lowest BCUT2D eigenvalue weighted by molar-refractivity contribution is -0.00130. The first kappa shape index (κ1) is 12.6. The average molecular weight is 326 g/mol. The van der Waals surface area contributed by atoms with Gasteiger partial charge in [0, 0.05) is 15.8 Å². The molecule has 1 fully saturated rings. The summed E-state index contributed by atoms with van der Waals surface area (Å²) in [4.78, 5) is 0. The number of nitrogens with two attached hydrogens (primary N) is 1. The molecule has 0 amide bonds. The minimum absolute atomic E-state index is 0.0527. The summed E-state index contributed by atoms with van der Waals surface area (Å²) in [5.41, 5.74) is 7.46. The van der Waals surface area contributed by atoms with Crippen molar-refractivity contribution in [3.63, 3.8) is 0 Å². The molecule has 18 heavy (non-hydrogen) atoms. The van der Waals surface area contributed by atoms with Gasteiger partial charge in [0.1, 0.15) is 0 Å². The number of benzene rings is 1. The zero-order valence-corrected chi connectivity index (χ0v) is 12.7. The van der Waals surface area contributed by atoms with Crippen LogP contribution in [0.5, 0.6) is 0 Å². The van der Waals surface area contributed by atoms with Gasteiger partial charge in [0.05, 0.1) is 11.6 Å². The van der Waals surface area contributed by atoms with Crippen molar-refractivity contribution >= 4 is 37.4 Å². The zero-order chi connectivity index (χ0) is 12.8. The van der Waals surface area contributed by atoms with Crippen LogP contribution in [0, 0.1) is 0 Å². The molecule has 1 aromatic heterocycles. The molecule has 0 bridgehead atoms. The number of ether oxygens (including phenoxy) is 1. The van der Waals surface area contributed by atoms with Gasteiger partial charge in [-0.05, 0) is 58.1 Å². The van der Waals surface area contributed by atoms with Crippen molar-refractivity contribution in [2.75, 3.05) is 6.61 Å². The van der Waals surface area contributed by atoms with E-state index >= 15 is 0 Å². The lowest BCUT2D eigenvalue weighted by Crippen LogP contribution is -2.37. The second-order valence-electron chi connectivity index (χ2n) is 5.05. The smallest absolute Gasteiger partial charge is 0.0847 e. The van der Waals surface area contributed by atoms with E-state index in [-0.39, 0.29) is 11.6 Å². The van der Waals surface area contributed by atoms with Gasteiger partial charge in [-0.15, -0.1) is 11.3 Å². The molecular weight excluding hydrogens is 310 g/mol. The van der Waals surface area contributed by atoms with Crippen LogP contribution >= 0.6 is 27.3 Å². The van der Waals surface area contributed by atoms with E-state index in [0.717, 1.165) is 23.9 Å². The van der Waals surface area contributed by atoms with Gasteiger partial charge in [0.2, 0.25) is 0 Å². The van der Waals surface area contributed by atoms with Crippen molar-refractivity contribution in [3.05, 3.63) is 33.6 Å². The van der Waals surface area contributed by atoms with Gasteiger partial charge in [-0.1, -0.05) is 12.1 Å². The van der Waals surface area contributed by atoms with Crippen LogP contribution in [0.15, 0.2) is 28.1 Å². The van der Waals surface area contributed by atoms with E-state index in [1.165, 1.54) is 15.6 Å². The standard InChI is InChI=1S/C14H16BrNOS/c1-14(6-3-7-17-14)13(16)10-8-18-12-9(10)4-2-5-11(12)15/h2,4-5,8,13H,3,6-7,16H2,1H3. The van der Waals surface area contributed by atoms with Crippen molar-refractivity contribution in [3.8, 4) is 0 Å². The van der Waals surface area contributed by atoms with Crippen LogP contribution in [0.1, 0.15) is 31.4 Å². The predicted octanol–water partition coefficient (Wildman–Crippen LogP) is 4.23. The normalized spacial score (nSPS) is 25.7. The van der Waals surface area contributed by atoms with E-state index in [0.29, 0.717) is 0 Å². The van der Waals surface area contributed by atoms with Crippen LogP contribution in [-0.2, 0) is 4.74 Å². The van der Waals surface area contributed by atoms with E-state index < -0.39 is 0 Å². The van der Waals surface area contributed by atoms with Crippen LogP contribution in [-0.4, -0.2) is 12.2 Å². The van der Waals surface area contributed by atoms with E-state index in [9.17, 15) is 0 Å². The number of hydrogen-bond acceptors (Lipinski definition) is 3. The Morgan fingerprint density at radius 2 is 2.33 bits per heavy atom. The molecule has 0 spiro atoms. The summed E-state index contributed by atoms with van der Waals surface area (Å²) in [6.07, 6.45) is 2.15. The number of fused-ring (bicyclic) bond motifs is 1. The summed E-state index contributed by atoms with van der Waals surface area (Å²) >= 11 is 5.34. The Morgan fingerprint density at radius 1 is 1.50 bits per heavy atom. The maximum absolute atomic E-state index is 6.46. The number of thiophene rings is 1. The fraction of sp³-hybridized carbons (Fsp3) is 0.429. The summed E-state index contributed by atoms with van der Waals surface area (Å²) in [5, 5.41) is 3.42. The molecule has 1 aliphatic rings. The first-order valence-corrected chi connectivity index (χ1v) is 7.84. The molecule has 4 heteroatoms. The Morgan fingerprint density at radius 3 is 3.06 bits per heavy atom. The van der Waals surface area contributed by atoms with Crippen molar-refractivity contribution in [1.82, 2.24) is 0 Å². The lowest BCUT2D eigenvalue weighted by Gasteiger charge is -2.30. The summed E-state index contributed by atoms with van der Waals surface area (Å²) in [6.45, 7) is 2.96. The van der Waals surface area contributed by atoms with Gasteiger partial charge >= 0.3 is 0 Å². The fourth-order valence-electron chi connectivity index (χ4n) is 2.66. The second-order valence-corrected chi connectivity index (χ2v) is 6.78. The summed E-state index contributed by atoms with van der Waals surface area (Å²) in [5.74, 6) is 0. The molecule has 0 radical (unpaired) electrons. The first-order chi connectivity index (χ1) is 8.62. The maximum atomic E-state index is 6.46. The minimum atomic E-state index is -0.212. The molecule has 2 nitrogen and oxygen atoms in total. The largest absolute Gasteiger partial charge is 0.373 e. The van der Waals surface area contributed by atoms with Crippen LogP contribution in [0.25, 0.3) is 10.1 Å². The van der Waals surface area contributed by atoms with E-state index in [1.807, 2.05) is 0 Å². The molecule has 1 aliphatic heterocycles. The Hall–Kier alpha value is -0.420. The molecule has 2 aromatic rings. The van der Waals surface area contributed by atoms with Gasteiger partial charge in [0.25, 0.3) is 0 Å². The first-order valence-electron chi connectivity index (χ1n) is 6.17. The van der Waals surface area contributed by atoms with Gasteiger partial charge < -0.3 is 10.5 Å². The highest BCUT2D eigenvalue weighted by molar-refractivity contribution is 9.10. The molecule has 2 unspecified atom stereocenters. The molecule has 3 rings (SSSR count). The van der Waals surface area contributed by atoms with Crippen molar-refractivity contribution in [1.29, 1.82) is 0 Å². The Labute approximate surface area is 119 Å². The Balaban J connectivity index is 2.07. The molecule has 2 heterocycles. The quantitative estimate of drug-likeness (QED) is 0.896. The molecule has 2 atom stereocenters. The van der Waals surface area contributed by atoms with Gasteiger partial charge in [-0.3, -0.25) is 0 Å². The molecule has 1 saturated heterocycles. The number of hydrogen-bond donors (Lipinski definition) is 1. The van der Waals surface area contributed by atoms with Crippen LogP contribution < -0.4 is 5.73 Å².